The molecule has 23 heavy (non-hydrogen) atoms. The number of aromatic nitrogens is 2. The summed E-state index contributed by atoms with van der Waals surface area (Å²) in [5, 5.41) is 4.23. The van der Waals surface area contributed by atoms with E-state index in [2.05, 4.69) is 10.00 Å². The fraction of sp³-hybridized carbons (Fsp3) is 0.412. The van der Waals surface area contributed by atoms with Crippen molar-refractivity contribution in [2.45, 2.75) is 24.8 Å². The molecule has 1 aliphatic heterocycles. The van der Waals surface area contributed by atoms with Gasteiger partial charge in [-0.2, -0.15) is 5.10 Å². The normalized spacial score (nSPS) is 20.3. The van der Waals surface area contributed by atoms with E-state index in [9.17, 15) is 9.18 Å². The summed E-state index contributed by atoms with van der Waals surface area (Å²) in [5.41, 5.74) is 7.54. The first-order valence-corrected chi connectivity index (χ1v) is 7.83. The maximum absolute atomic E-state index is 13.1. The van der Waals surface area contributed by atoms with Crippen molar-refractivity contribution >= 4 is 5.91 Å². The first-order chi connectivity index (χ1) is 11.1. The zero-order valence-electron chi connectivity index (χ0n) is 13.2. The van der Waals surface area contributed by atoms with E-state index in [0.29, 0.717) is 5.92 Å². The van der Waals surface area contributed by atoms with Crippen molar-refractivity contribution in [2.24, 2.45) is 12.8 Å². The van der Waals surface area contributed by atoms with Gasteiger partial charge in [0.05, 0.1) is 0 Å². The number of nitrogens with two attached hydrogens (primary N) is 1. The molecule has 2 atom stereocenters. The van der Waals surface area contributed by atoms with Crippen molar-refractivity contribution in [3.05, 3.63) is 53.6 Å². The van der Waals surface area contributed by atoms with Gasteiger partial charge in [0.25, 0.3) is 0 Å². The number of halogens is 1. The van der Waals surface area contributed by atoms with Gasteiger partial charge >= 0.3 is 0 Å². The van der Waals surface area contributed by atoms with Crippen LogP contribution in [0.5, 0.6) is 0 Å². The topological polar surface area (TPSA) is 64.2 Å². The van der Waals surface area contributed by atoms with Crippen LogP contribution in [-0.4, -0.2) is 33.7 Å². The predicted octanol–water partition coefficient (Wildman–Crippen LogP) is 1.97. The largest absolute Gasteiger partial charge is 0.368 e. The van der Waals surface area contributed by atoms with Gasteiger partial charge in [0.2, 0.25) is 5.91 Å². The minimum Gasteiger partial charge on any atom is -0.368 e. The minimum atomic E-state index is -0.522. The Bertz CT molecular complexity index is 682. The summed E-state index contributed by atoms with van der Waals surface area (Å²) in [4.78, 5) is 14.1. The Balaban J connectivity index is 1.84. The van der Waals surface area contributed by atoms with E-state index in [4.69, 9.17) is 5.73 Å². The number of likely N-dealkylation sites (tertiary alicyclic amines) is 1. The number of hydrogen-bond donors (Lipinski definition) is 1. The van der Waals surface area contributed by atoms with Gasteiger partial charge < -0.3 is 5.73 Å². The average Bonchev–Trinajstić information content (AvgIpc) is 2.96. The Labute approximate surface area is 134 Å². The van der Waals surface area contributed by atoms with E-state index >= 15 is 0 Å². The van der Waals surface area contributed by atoms with Crippen molar-refractivity contribution in [1.82, 2.24) is 14.7 Å². The first kappa shape index (κ1) is 15.7. The quantitative estimate of drug-likeness (QED) is 0.938. The van der Waals surface area contributed by atoms with Crippen LogP contribution in [0, 0.1) is 5.82 Å². The first-order valence-electron chi connectivity index (χ1n) is 7.83. The third kappa shape index (κ3) is 3.27. The number of carbonyl (C=O) groups is 1. The van der Waals surface area contributed by atoms with E-state index in [1.807, 2.05) is 17.8 Å². The molecule has 5 nitrogen and oxygen atoms in total. The summed E-state index contributed by atoms with van der Waals surface area (Å²) >= 11 is 0. The standard InChI is InChI=1S/C17H21FN4O/c1-21-15(8-9-20-21)13-3-2-10-22(11-13)16(17(19)23)12-4-6-14(18)7-5-12/h4-9,13,16H,2-3,10-11H2,1H3,(H2,19,23)/t13-,16+/m0/s1. The highest BCUT2D eigenvalue weighted by atomic mass is 19.1. The minimum absolute atomic E-state index is 0.316. The number of amides is 1. The molecule has 2 N–H and O–H groups in total. The summed E-state index contributed by atoms with van der Waals surface area (Å²) in [6.45, 7) is 1.55. The molecule has 0 bridgehead atoms. The number of piperidine rings is 1. The fourth-order valence-corrected chi connectivity index (χ4v) is 3.47. The van der Waals surface area contributed by atoms with E-state index in [1.165, 1.54) is 12.1 Å². The molecule has 2 heterocycles. The summed E-state index contributed by atoms with van der Waals surface area (Å²) in [5.74, 6) is -0.399. The maximum Gasteiger partial charge on any atom is 0.239 e. The molecule has 1 aliphatic rings. The van der Waals surface area contributed by atoms with Crippen molar-refractivity contribution in [2.75, 3.05) is 13.1 Å². The van der Waals surface area contributed by atoms with Gasteiger partial charge in [-0.05, 0) is 43.1 Å². The third-order valence-electron chi connectivity index (χ3n) is 4.55. The molecule has 0 spiro atoms. The number of rotatable bonds is 4. The monoisotopic (exact) mass is 316 g/mol. The highest BCUT2D eigenvalue weighted by Crippen LogP contribution is 2.31. The van der Waals surface area contributed by atoms with Gasteiger partial charge in [-0.3, -0.25) is 14.4 Å². The van der Waals surface area contributed by atoms with Crippen LogP contribution in [0.15, 0.2) is 36.5 Å². The van der Waals surface area contributed by atoms with Crippen LogP contribution in [0.3, 0.4) is 0 Å². The van der Waals surface area contributed by atoms with Crippen molar-refractivity contribution in [3.8, 4) is 0 Å². The number of aryl methyl sites for hydroxylation is 1. The molecular formula is C17H21FN4O. The molecule has 1 fully saturated rings. The summed E-state index contributed by atoms with van der Waals surface area (Å²) < 4.78 is 15.0. The lowest BCUT2D eigenvalue weighted by Crippen LogP contribution is -2.43. The highest BCUT2D eigenvalue weighted by molar-refractivity contribution is 5.81. The summed E-state index contributed by atoms with van der Waals surface area (Å²) in [6.07, 6.45) is 3.84. The second-order valence-electron chi connectivity index (χ2n) is 6.07. The van der Waals surface area contributed by atoms with Gasteiger partial charge in [-0.1, -0.05) is 12.1 Å². The van der Waals surface area contributed by atoms with Crippen LogP contribution in [0.1, 0.15) is 36.1 Å². The van der Waals surface area contributed by atoms with Crippen molar-refractivity contribution < 1.29 is 9.18 Å². The number of hydrogen-bond acceptors (Lipinski definition) is 3. The SMILES string of the molecule is Cn1nccc1[C@H]1CCCN([C@@H](C(N)=O)c2ccc(F)cc2)C1. The van der Waals surface area contributed by atoms with Crippen LogP contribution in [0.4, 0.5) is 4.39 Å². The smallest absolute Gasteiger partial charge is 0.239 e. The molecule has 0 unspecified atom stereocenters. The second kappa shape index (κ2) is 6.50. The van der Waals surface area contributed by atoms with Crippen LogP contribution in [0.2, 0.25) is 0 Å². The van der Waals surface area contributed by atoms with E-state index in [0.717, 1.165) is 37.2 Å². The lowest BCUT2D eigenvalue weighted by atomic mass is 9.92. The Morgan fingerprint density at radius 2 is 2.09 bits per heavy atom. The Kier molecular flexibility index (Phi) is 4.43. The van der Waals surface area contributed by atoms with Crippen LogP contribution in [0.25, 0.3) is 0 Å². The summed E-state index contributed by atoms with van der Waals surface area (Å²) in [7, 11) is 1.93. The van der Waals surface area contributed by atoms with Crippen LogP contribution >= 0.6 is 0 Å². The molecule has 122 valence electrons. The molecule has 1 aromatic heterocycles. The molecule has 0 saturated carbocycles. The average molecular weight is 316 g/mol. The van der Waals surface area contributed by atoms with Crippen molar-refractivity contribution in [3.63, 3.8) is 0 Å². The lowest BCUT2D eigenvalue weighted by molar-refractivity contribution is -0.124. The fourth-order valence-electron chi connectivity index (χ4n) is 3.47. The molecule has 3 rings (SSSR count). The Hall–Kier alpha value is -2.21. The molecular weight excluding hydrogens is 295 g/mol. The highest BCUT2D eigenvalue weighted by Gasteiger charge is 2.31. The predicted molar refractivity (Wildman–Crippen MR) is 85.1 cm³/mol. The number of carbonyl (C=O) groups excluding carboxylic acids is 1. The Morgan fingerprint density at radius 3 is 2.70 bits per heavy atom. The van der Waals surface area contributed by atoms with Gasteiger partial charge in [-0.15, -0.1) is 0 Å². The van der Waals surface area contributed by atoms with Gasteiger partial charge in [0.15, 0.2) is 0 Å². The zero-order chi connectivity index (χ0) is 16.4. The number of nitrogens with zero attached hydrogens (tertiary/aromatic N) is 3. The van der Waals surface area contributed by atoms with Gasteiger partial charge in [0, 0.05) is 31.4 Å². The molecule has 1 saturated heterocycles. The summed E-state index contributed by atoms with van der Waals surface area (Å²) in [6, 6.07) is 7.51. The Morgan fingerprint density at radius 1 is 1.35 bits per heavy atom. The lowest BCUT2D eigenvalue weighted by Gasteiger charge is -2.37. The number of primary amides is 1. The van der Waals surface area contributed by atoms with Gasteiger partial charge in [-0.25, -0.2) is 4.39 Å². The number of benzene rings is 1. The van der Waals surface area contributed by atoms with Crippen LogP contribution < -0.4 is 5.73 Å². The van der Waals surface area contributed by atoms with E-state index in [-0.39, 0.29) is 5.82 Å². The molecule has 1 aromatic carbocycles. The van der Waals surface area contributed by atoms with Gasteiger partial charge in [0.1, 0.15) is 11.9 Å². The molecule has 1 amide bonds. The second-order valence-corrected chi connectivity index (χ2v) is 6.07. The molecule has 6 heteroatoms. The van der Waals surface area contributed by atoms with Crippen molar-refractivity contribution in [1.29, 1.82) is 0 Å². The van der Waals surface area contributed by atoms with E-state index < -0.39 is 11.9 Å². The molecule has 0 aliphatic carbocycles. The van der Waals surface area contributed by atoms with Crippen LogP contribution in [-0.2, 0) is 11.8 Å². The zero-order valence-corrected chi connectivity index (χ0v) is 13.2. The molecule has 0 radical (unpaired) electrons. The maximum atomic E-state index is 13.1. The van der Waals surface area contributed by atoms with E-state index in [1.54, 1.807) is 18.3 Å². The molecule has 2 aromatic rings. The third-order valence-corrected chi connectivity index (χ3v) is 4.55.